The third-order valence-corrected chi connectivity index (χ3v) is 4.00. The fourth-order valence-electron chi connectivity index (χ4n) is 2.69. The number of carboxylic acids is 1. The van der Waals surface area contributed by atoms with E-state index in [-0.39, 0.29) is 0 Å². The van der Waals surface area contributed by atoms with Crippen molar-refractivity contribution in [2.45, 2.75) is 46.2 Å². The van der Waals surface area contributed by atoms with E-state index in [1.807, 2.05) is 6.07 Å². The van der Waals surface area contributed by atoms with Crippen LogP contribution in [0.15, 0.2) is 24.3 Å². The Morgan fingerprint density at radius 2 is 1.96 bits per heavy atom. The van der Waals surface area contributed by atoms with Crippen molar-refractivity contribution < 1.29 is 19.1 Å². The van der Waals surface area contributed by atoms with E-state index < -0.39 is 30.0 Å². The normalized spacial score (nSPS) is 13.0. The van der Waals surface area contributed by atoms with Crippen molar-refractivity contribution in [2.24, 2.45) is 5.41 Å². The van der Waals surface area contributed by atoms with Gasteiger partial charge in [-0.1, -0.05) is 39.0 Å². The SMILES string of the molecule is CC(C)(C)C(NC(=O)c1c2ccccc2nn1CCCCF)C(=O)O. The summed E-state index contributed by atoms with van der Waals surface area (Å²) in [7, 11) is 0. The van der Waals surface area contributed by atoms with Gasteiger partial charge in [0.25, 0.3) is 5.91 Å². The van der Waals surface area contributed by atoms with E-state index in [0.717, 1.165) is 0 Å². The molecule has 0 saturated heterocycles. The molecule has 2 N–H and O–H groups in total. The molecule has 0 radical (unpaired) electrons. The van der Waals surface area contributed by atoms with E-state index in [4.69, 9.17) is 0 Å². The maximum Gasteiger partial charge on any atom is 0.326 e. The molecule has 2 rings (SSSR count). The number of carbonyl (C=O) groups excluding carboxylic acids is 1. The highest BCUT2D eigenvalue weighted by molar-refractivity contribution is 6.06. The molecular formula is C18H24FN3O3. The predicted octanol–water partition coefficient (Wildman–Crippen LogP) is 3.02. The Morgan fingerprint density at radius 1 is 1.28 bits per heavy atom. The number of halogens is 1. The zero-order chi connectivity index (χ0) is 18.6. The topological polar surface area (TPSA) is 84.2 Å². The zero-order valence-electron chi connectivity index (χ0n) is 14.8. The maximum absolute atomic E-state index is 12.8. The van der Waals surface area contributed by atoms with E-state index in [1.165, 1.54) is 4.68 Å². The lowest BCUT2D eigenvalue weighted by Crippen LogP contribution is -2.49. The molecule has 1 heterocycles. The number of benzene rings is 1. The van der Waals surface area contributed by atoms with Gasteiger partial charge >= 0.3 is 5.97 Å². The molecule has 1 unspecified atom stereocenters. The number of carbonyl (C=O) groups is 2. The summed E-state index contributed by atoms with van der Waals surface area (Å²) in [6.07, 6.45) is 0.934. The predicted molar refractivity (Wildman–Crippen MR) is 93.3 cm³/mol. The number of nitrogens with one attached hydrogen (secondary N) is 1. The second-order valence-electron chi connectivity index (χ2n) is 7.10. The molecule has 0 aliphatic rings. The minimum atomic E-state index is -1.09. The number of carboxylic acid groups (broad SMARTS) is 1. The van der Waals surface area contributed by atoms with E-state index in [1.54, 1.807) is 39.0 Å². The molecule has 0 aliphatic carbocycles. The van der Waals surface area contributed by atoms with Crippen LogP contribution in [0, 0.1) is 5.41 Å². The summed E-state index contributed by atoms with van der Waals surface area (Å²) in [6, 6.07) is 6.14. The number of rotatable bonds is 7. The summed E-state index contributed by atoms with van der Waals surface area (Å²) in [6.45, 7) is 5.23. The Labute approximate surface area is 146 Å². The van der Waals surface area contributed by atoms with Crippen LogP contribution in [0.25, 0.3) is 10.9 Å². The molecule has 0 aliphatic heterocycles. The molecule has 0 saturated carbocycles. The lowest BCUT2D eigenvalue weighted by molar-refractivity contribution is -0.142. The minimum absolute atomic E-state index is 0.310. The lowest BCUT2D eigenvalue weighted by Gasteiger charge is -2.27. The molecule has 6 nitrogen and oxygen atoms in total. The molecule has 136 valence electrons. The minimum Gasteiger partial charge on any atom is -0.480 e. The first kappa shape index (κ1) is 18.9. The molecule has 1 aromatic heterocycles. The van der Waals surface area contributed by atoms with E-state index >= 15 is 0 Å². The standard InChI is InChI=1S/C18H24FN3O3/c1-18(2,3)15(17(24)25)20-16(23)14-12-8-4-5-9-13(12)21-22(14)11-7-6-10-19/h4-5,8-9,15H,6-7,10-11H2,1-3H3,(H,20,23)(H,24,25). The zero-order valence-corrected chi connectivity index (χ0v) is 14.8. The molecule has 1 amide bonds. The van der Waals surface area contributed by atoms with Crippen molar-refractivity contribution in [1.82, 2.24) is 15.1 Å². The smallest absolute Gasteiger partial charge is 0.326 e. The number of aromatic nitrogens is 2. The van der Waals surface area contributed by atoms with E-state index in [0.29, 0.717) is 36.0 Å². The van der Waals surface area contributed by atoms with E-state index in [9.17, 15) is 19.1 Å². The van der Waals surface area contributed by atoms with Gasteiger partial charge in [-0.15, -0.1) is 0 Å². The first-order valence-electron chi connectivity index (χ1n) is 8.31. The van der Waals surface area contributed by atoms with Crippen molar-refractivity contribution in [3.8, 4) is 0 Å². The van der Waals surface area contributed by atoms with Crippen molar-refractivity contribution in [1.29, 1.82) is 0 Å². The van der Waals surface area contributed by atoms with Gasteiger partial charge in [0.15, 0.2) is 0 Å². The molecule has 0 spiro atoms. The quantitative estimate of drug-likeness (QED) is 0.753. The molecule has 1 atom stereocenters. The average Bonchev–Trinajstić information content (AvgIpc) is 2.89. The summed E-state index contributed by atoms with van der Waals surface area (Å²) in [4.78, 5) is 24.4. The van der Waals surface area contributed by atoms with Crippen LogP contribution in [0.1, 0.15) is 44.1 Å². The van der Waals surface area contributed by atoms with Gasteiger partial charge in [0, 0.05) is 11.9 Å². The number of aliphatic carboxylic acids is 1. The molecule has 7 heteroatoms. The first-order chi connectivity index (χ1) is 11.8. The number of amides is 1. The van der Waals surface area contributed by atoms with Gasteiger partial charge in [-0.05, 0) is 24.3 Å². The number of hydrogen-bond donors (Lipinski definition) is 2. The van der Waals surface area contributed by atoms with Crippen LogP contribution in [0.5, 0.6) is 0 Å². The van der Waals surface area contributed by atoms with Crippen LogP contribution in [0.3, 0.4) is 0 Å². The van der Waals surface area contributed by atoms with Crippen LogP contribution in [-0.4, -0.2) is 39.5 Å². The van der Waals surface area contributed by atoms with Gasteiger partial charge in [0.2, 0.25) is 0 Å². The largest absolute Gasteiger partial charge is 0.480 e. The van der Waals surface area contributed by atoms with Crippen LogP contribution in [-0.2, 0) is 11.3 Å². The third-order valence-electron chi connectivity index (χ3n) is 4.00. The van der Waals surface area contributed by atoms with Crippen LogP contribution in [0.2, 0.25) is 0 Å². The van der Waals surface area contributed by atoms with Gasteiger partial charge < -0.3 is 10.4 Å². The number of aryl methyl sites for hydroxylation is 1. The number of fused-ring (bicyclic) bond motifs is 1. The lowest BCUT2D eigenvalue weighted by atomic mass is 9.86. The highest BCUT2D eigenvalue weighted by atomic mass is 19.1. The van der Waals surface area contributed by atoms with Gasteiger partial charge in [-0.25, -0.2) is 4.79 Å². The number of nitrogens with zero attached hydrogens (tertiary/aromatic N) is 2. The molecule has 0 fully saturated rings. The van der Waals surface area contributed by atoms with Gasteiger partial charge in [0.05, 0.1) is 12.2 Å². The molecule has 0 bridgehead atoms. The fraction of sp³-hybridized carbons (Fsp3) is 0.500. The molecule has 1 aromatic carbocycles. The maximum atomic E-state index is 12.8. The van der Waals surface area contributed by atoms with E-state index in [2.05, 4.69) is 10.4 Å². The summed E-state index contributed by atoms with van der Waals surface area (Å²) in [5, 5.41) is 17.1. The van der Waals surface area contributed by atoms with Crippen molar-refractivity contribution >= 4 is 22.8 Å². The Hall–Kier alpha value is -2.44. The Balaban J connectivity index is 2.38. The number of unbranched alkanes of at least 4 members (excludes halogenated alkanes) is 1. The summed E-state index contributed by atoms with van der Waals surface area (Å²) in [5.41, 5.74) is 0.316. The second kappa shape index (κ2) is 7.63. The second-order valence-corrected chi connectivity index (χ2v) is 7.10. The Morgan fingerprint density at radius 3 is 2.56 bits per heavy atom. The highest BCUT2D eigenvalue weighted by Crippen LogP contribution is 2.22. The van der Waals surface area contributed by atoms with Gasteiger partial charge in [-0.2, -0.15) is 5.10 Å². The average molecular weight is 349 g/mol. The molecule has 25 heavy (non-hydrogen) atoms. The van der Waals surface area contributed by atoms with Crippen molar-refractivity contribution in [3.05, 3.63) is 30.0 Å². The van der Waals surface area contributed by atoms with Gasteiger partial charge in [0.1, 0.15) is 11.7 Å². The number of hydrogen-bond acceptors (Lipinski definition) is 3. The summed E-state index contributed by atoms with van der Waals surface area (Å²) in [5.74, 6) is -1.58. The Bertz CT molecular complexity index is 765. The van der Waals surface area contributed by atoms with Crippen molar-refractivity contribution in [3.63, 3.8) is 0 Å². The van der Waals surface area contributed by atoms with Crippen molar-refractivity contribution in [2.75, 3.05) is 6.67 Å². The van der Waals surface area contributed by atoms with Crippen LogP contribution in [0.4, 0.5) is 4.39 Å². The highest BCUT2D eigenvalue weighted by Gasteiger charge is 2.34. The van der Waals surface area contributed by atoms with Crippen LogP contribution < -0.4 is 5.32 Å². The Kier molecular flexibility index (Phi) is 5.77. The monoisotopic (exact) mass is 349 g/mol. The molecular weight excluding hydrogens is 325 g/mol. The summed E-state index contributed by atoms with van der Waals surface area (Å²) >= 11 is 0. The van der Waals surface area contributed by atoms with Gasteiger partial charge in [-0.3, -0.25) is 13.9 Å². The first-order valence-corrected chi connectivity index (χ1v) is 8.31. The van der Waals surface area contributed by atoms with Crippen LogP contribution >= 0.6 is 0 Å². The molecule has 2 aromatic rings. The fourth-order valence-corrected chi connectivity index (χ4v) is 2.69. The summed E-state index contributed by atoms with van der Waals surface area (Å²) < 4.78 is 13.9. The number of alkyl halides is 1. The third kappa shape index (κ3) is 4.35.